The monoisotopic (exact) mass is 359 g/mol. The van der Waals surface area contributed by atoms with Crippen LogP contribution in [0.25, 0.3) is 4.96 Å². The Balaban J connectivity index is 1.51. The smallest absolute Gasteiger partial charge is 0.228 e. The van der Waals surface area contributed by atoms with E-state index in [1.165, 1.54) is 29.5 Å². The number of halogens is 1. The first-order valence-electron chi connectivity index (χ1n) is 7.68. The normalized spacial score (nSPS) is 16.6. The third kappa shape index (κ3) is 2.98. The third-order valence-corrected chi connectivity index (χ3v) is 4.84. The summed E-state index contributed by atoms with van der Waals surface area (Å²) in [6.45, 7) is 2.11. The van der Waals surface area contributed by atoms with E-state index in [-0.39, 0.29) is 24.8 Å². The summed E-state index contributed by atoms with van der Waals surface area (Å²) in [5.41, 5.74) is 1.63. The molecule has 3 aromatic rings. The lowest BCUT2D eigenvalue weighted by Gasteiger charge is -2.24. The number of rotatable bonds is 3. The van der Waals surface area contributed by atoms with Crippen LogP contribution in [0, 0.1) is 12.7 Å². The molecule has 7 nitrogen and oxygen atoms in total. The van der Waals surface area contributed by atoms with Gasteiger partial charge < -0.3 is 10.6 Å². The van der Waals surface area contributed by atoms with Crippen molar-refractivity contribution in [2.24, 2.45) is 0 Å². The molecule has 1 aromatic carbocycles. The Hall–Kier alpha value is -2.81. The number of anilines is 1. The molecule has 0 fully saturated rings. The van der Waals surface area contributed by atoms with Gasteiger partial charge in [0.2, 0.25) is 16.8 Å². The zero-order valence-corrected chi connectivity index (χ0v) is 14.1. The predicted molar refractivity (Wildman–Crippen MR) is 89.8 cm³/mol. The average molecular weight is 359 g/mol. The van der Waals surface area contributed by atoms with Crippen molar-refractivity contribution in [1.29, 1.82) is 0 Å². The molecule has 25 heavy (non-hydrogen) atoms. The quantitative estimate of drug-likeness (QED) is 0.748. The number of nitrogens with one attached hydrogen (secondary N) is 2. The molecule has 2 aromatic heterocycles. The topological polar surface area (TPSA) is 88.4 Å². The van der Waals surface area contributed by atoms with Gasteiger partial charge in [0.05, 0.1) is 24.4 Å². The first-order valence-corrected chi connectivity index (χ1v) is 8.50. The van der Waals surface area contributed by atoms with Crippen molar-refractivity contribution in [3.8, 4) is 0 Å². The van der Waals surface area contributed by atoms with Crippen molar-refractivity contribution in [2.75, 3.05) is 5.32 Å². The van der Waals surface area contributed by atoms with Crippen molar-refractivity contribution in [1.82, 2.24) is 19.9 Å². The van der Waals surface area contributed by atoms with Gasteiger partial charge in [-0.3, -0.25) is 9.59 Å². The van der Waals surface area contributed by atoms with Crippen LogP contribution in [0.4, 0.5) is 10.1 Å². The zero-order chi connectivity index (χ0) is 17.6. The summed E-state index contributed by atoms with van der Waals surface area (Å²) >= 11 is 1.46. The van der Waals surface area contributed by atoms with Crippen LogP contribution in [0.1, 0.15) is 28.6 Å². The van der Waals surface area contributed by atoms with Crippen LogP contribution in [0.2, 0.25) is 0 Å². The summed E-state index contributed by atoms with van der Waals surface area (Å²) in [5, 5.41) is 10.6. The number of hydrogen-bond acceptors (Lipinski definition) is 5. The number of carbonyl (C=O) groups excluding carboxylic acids is 2. The maximum Gasteiger partial charge on any atom is 0.228 e. The highest BCUT2D eigenvalue weighted by molar-refractivity contribution is 7.16. The van der Waals surface area contributed by atoms with E-state index in [2.05, 4.69) is 20.7 Å². The number of benzene rings is 1. The van der Waals surface area contributed by atoms with Crippen molar-refractivity contribution in [3.63, 3.8) is 0 Å². The van der Waals surface area contributed by atoms with Gasteiger partial charge in [-0.15, -0.1) is 0 Å². The number of amides is 2. The average Bonchev–Trinajstić information content (AvgIpc) is 3.09. The molecular weight excluding hydrogens is 345 g/mol. The number of nitrogens with zero attached hydrogens (tertiary/aromatic N) is 3. The molecule has 1 unspecified atom stereocenters. The largest absolute Gasteiger partial charge is 0.350 e. The van der Waals surface area contributed by atoms with E-state index >= 15 is 0 Å². The van der Waals surface area contributed by atoms with Crippen molar-refractivity contribution >= 4 is 33.8 Å². The van der Waals surface area contributed by atoms with Crippen molar-refractivity contribution < 1.29 is 14.0 Å². The second-order valence-corrected chi connectivity index (χ2v) is 6.99. The highest BCUT2D eigenvalue weighted by Gasteiger charge is 2.31. The highest BCUT2D eigenvalue weighted by atomic mass is 32.1. The van der Waals surface area contributed by atoms with E-state index in [1.807, 2.05) is 6.92 Å². The summed E-state index contributed by atoms with van der Waals surface area (Å²) in [6.07, 6.45) is 1.74. The van der Waals surface area contributed by atoms with Gasteiger partial charge in [0, 0.05) is 12.1 Å². The van der Waals surface area contributed by atoms with Crippen LogP contribution in [-0.4, -0.2) is 26.4 Å². The Morgan fingerprint density at radius 2 is 2.36 bits per heavy atom. The predicted octanol–water partition coefficient (Wildman–Crippen LogP) is 1.98. The fourth-order valence-electron chi connectivity index (χ4n) is 2.90. The lowest BCUT2D eigenvalue weighted by atomic mass is 9.89. The summed E-state index contributed by atoms with van der Waals surface area (Å²) in [4.78, 5) is 29.5. The van der Waals surface area contributed by atoms with Gasteiger partial charge >= 0.3 is 0 Å². The number of carbonyl (C=O) groups is 2. The summed E-state index contributed by atoms with van der Waals surface area (Å²) in [6, 6.07) is 4.02. The Morgan fingerprint density at radius 3 is 3.16 bits per heavy atom. The van der Waals surface area contributed by atoms with Crippen LogP contribution >= 0.6 is 11.3 Å². The minimum Gasteiger partial charge on any atom is -0.350 e. The number of aromatic nitrogens is 3. The van der Waals surface area contributed by atoms with Gasteiger partial charge in [-0.05, 0) is 30.7 Å². The van der Waals surface area contributed by atoms with Gasteiger partial charge in [-0.1, -0.05) is 11.3 Å². The molecule has 0 saturated heterocycles. The van der Waals surface area contributed by atoms with Crippen LogP contribution in [0.15, 0.2) is 24.4 Å². The van der Waals surface area contributed by atoms with Crippen LogP contribution in [0.3, 0.4) is 0 Å². The molecule has 1 aliphatic heterocycles. The second-order valence-electron chi connectivity index (χ2n) is 5.83. The second kappa shape index (κ2) is 5.92. The number of fused-ring (bicyclic) bond motifs is 2. The summed E-state index contributed by atoms with van der Waals surface area (Å²) < 4.78 is 15.2. The van der Waals surface area contributed by atoms with Crippen molar-refractivity contribution in [3.05, 3.63) is 46.5 Å². The minimum absolute atomic E-state index is 0.0126. The molecule has 0 spiro atoms. The van der Waals surface area contributed by atoms with Crippen LogP contribution < -0.4 is 10.6 Å². The van der Waals surface area contributed by atoms with E-state index in [0.717, 1.165) is 9.97 Å². The molecule has 2 amide bonds. The Labute approximate surface area is 145 Å². The Kier molecular flexibility index (Phi) is 3.72. The lowest BCUT2D eigenvalue weighted by Crippen LogP contribution is -2.34. The molecule has 9 heteroatoms. The molecule has 0 aliphatic carbocycles. The maximum absolute atomic E-state index is 13.5. The van der Waals surface area contributed by atoms with Crippen LogP contribution in [0.5, 0.6) is 0 Å². The van der Waals surface area contributed by atoms with E-state index < -0.39 is 11.7 Å². The van der Waals surface area contributed by atoms with Gasteiger partial charge in [-0.2, -0.15) is 5.10 Å². The van der Waals surface area contributed by atoms with Gasteiger partial charge in [0.25, 0.3) is 0 Å². The van der Waals surface area contributed by atoms with Gasteiger partial charge in [0.15, 0.2) is 0 Å². The maximum atomic E-state index is 13.5. The van der Waals surface area contributed by atoms with E-state index in [9.17, 15) is 14.0 Å². The fraction of sp³-hybridized carbons (Fsp3) is 0.250. The zero-order valence-electron chi connectivity index (χ0n) is 13.2. The summed E-state index contributed by atoms with van der Waals surface area (Å²) in [5.74, 6) is -1.75. The first-order chi connectivity index (χ1) is 12.0. The van der Waals surface area contributed by atoms with E-state index in [4.69, 9.17) is 0 Å². The molecule has 0 bridgehead atoms. The molecule has 128 valence electrons. The van der Waals surface area contributed by atoms with Gasteiger partial charge in [0.1, 0.15) is 10.8 Å². The molecule has 0 saturated carbocycles. The molecule has 1 atom stereocenters. The number of hydrogen-bond donors (Lipinski definition) is 2. The van der Waals surface area contributed by atoms with E-state index in [1.54, 1.807) is 10.7 Å². The SMILES string of the molecule is Cc1nn2cc(CNC(=O)C3CC(=O)Nc4ccc(F)cc43)nc2s1. The lowest BCUT2D eigenvalue weighted by molar-refractivity contribution is -0.126. The van der Waals surface area contributed by atoms with E-state index in [0.29, 0.717) is 16.9 Å². The fourth-order valence-corrected chi connectivity index (χ4v) is 3.64. The molecular formula is C16H14FN5O2S. The summed E-state index contributed by atoms with van der Waals surface area (Å²) in [7, 11) is 0. The Bertz CT molecular complexity index is 964. The number of imidazole rings is 1. The van der Waals surface area contributed by atoms with Gasteiger partial charge in [-0.25, -0.2) is 13.9 Å². The molecule has 0 radical (unpaired) electrons. The number of aryl methyl sites for hydroxylation is 1. The molecule has 3 heterocycles. The minimum atomic E-state index is -0.719. The molecule has 2 N–H and O–H groups in total. The van der Waals surface area contributed by atoms with Crippen LogP contribution in [-0.2, 0) is 16.1 Å². The standard InChI is InChI=1S/C16H14FN5O2S/c1-8-21-22-7-10(19-16(22)25-8)6-18-15(24)12-5-14(23)20-13-3-2-9(17)4-11(12)13/h2-4,7,12H,5-6H2,1H3,(H,18,24)(H,20,23). The Morgan fingerprint density at radius 1 is 1.52 bits per heavy atom. The van der Waals surface area contributed by atoms with Crippen molar-refractivity contribution in [2.45, 2.75) is 25.8 Å². The third-order valence-electron chi connectivity index (χ3n) is 4.01. The first kappa shape index (κ1) is 15.7. The molecule has 1 aliphatic rings. The highest BCUT2D eigenvalue weighted by Crippen LogP contribution is 2.32. The molecule has 4 rings (SSSR count).